The predicted octanol–water partition coefficient (Wildman–Crippen LogP) is 0.857. The molecule has 0 atom stereocenters. The summed E-state index contributed by atoms with van der Waals surface area (Å²) >= 11 is 0. The van der Waals surface area contributed by atoms with Gasteiger partial charge in [-0.1, -0.05) is 0 Å². The fraction of sp³-hybridized carbons (Fsp3) is 0.286. The summed E-state index contributed by atoms with van der Waals surface area (Å²) in [7, 11) is 0. The Morgan fingerprint density at radius 3 is 2.83 bits per heavy atom. The maximum Gasteiger partial charge on any atom is 0.259 e. The highest BCUT2D eigenvalue weighted by molar-refractivity contribution is 5.85. The van der Waals surface area contributed by atoms with Gasteiger partial charge in [-0.3, -0.25) is 0 Å². The average molecular weight is 189 g/mol. The van der Waals surface area contributed by atoms with Crippen LogP contribution in [0.4, 0.5) is 5.82 Å². The van der Waals surface area contributed by atoms with Crippen LogP contribution in [-0.2, 0) is 0 Å². The number of hydrogen-bond donors (Lipinski definition) is 1. The summed E-state index contributed by atoms with van der Waals surface area (Å²) < 4.78 is 10.4. The van der Waals surface area contributed by atoms with Crippen LogP contribution in [0.2, 0.25) is 0 Å². The summed E-state index contributed by atoms with van der Waals surface area (Å²) in [6.45, 7) is 1.13. The van der Waals surface area contributed by atoms with Crippen LogP contribution >= 0.6 is 12.4 Å². The van der Waals surface area contributed by atoms with Crippen LogP contribution in [0.15, 0.2) is 12.1 Å². The summed E-state index contributed by atoms with van der Waals surface area (Å²) in [5.74, 6) is 1.62. The SMILES string of the molecule is Cl.Nc1ccc2c(n1)OCCO2. The molecule has 12 heavy (non-hydrogen) atoms. The lowest BCUT2D eigenvalue weighted by atomic mass is 10.4. The highest BCUT2D eigenvalue weighted by Gasteiger charge is 2.11. The summed E-state index contributed by atoms with van der Waals surface area (Å²) in [6.07, 6.45) is 0. The van der Waals surface area contributed by atoms with Crippen LogP contribution in [0.1, 0.15) is 0 Å². The molecule has 1 aliphatic heterocycles. The van der Waals surface area contributed by atoms with Crippen molar-refractivity contribution in [1.29, 1.82) is 0 Å². The normalized spacial score (nSPS) is 13.3. The van der Waals surface area contributed by atoms with Crippen molar-refractivity contribution in [2.75, 3.05) is 18.9 Å². The van der Waals surface area contributed by atoms with E-state index in [1.54, 1.807) is 12.1 Å². The number of fused-ring (bicyclic) bond motifs is 1. The molecule has 0 spiro atoms. The Labute approximate surface area is 76.1 Å². The van der Waals surface area contributed by atoms with Gasteiger partial charge in [0.25, 0.3) is 5.88 Å². The van der Waals surface area contributed by atoms with E-state index in [4.69, 9.17) is 15.2 Å². The molecule has 0 radical (unpaired) electrons. The molecule has 0 fully saturated rings. The van der Waals surface area contributed by atoms with E-state index in [0.29, 0.717) is 30.7 Å². The first-order valence-corrected chi connectivity index (χ1v) is 3.38. The smallest absolute Gasteiger partial charge is 0.259 e. The van der Waals surface area contributed by atoms with E-state index in [1.807, 2.05) is 0 Å². The molecular formula is C7H9ClN2O2. The molecule has 66 valence electrons. The highest BCUT2D eigenvalue weighted by Crippen LogP contribution is 2.27. The molecule has 0 saturated heterocycles. The van der Waals surface area contributed by atoms with Crippen molar-refractivity contribution in [1.82, 2.24) is 4.98 Å². The third-order valence-electron chi connectivity index (χ3n) is 1.43. The predicted molar refractivity (Wildman–Crippen MR) is 46.9 cm³/mol. The topological polar surface area (TPSA) is 57.4 Å². The van der Waals surface area contributed by atoms with Crippen LogP contribution in [-0.4, -0.2) is 18.2 Å². The van der Waals surface area contributed by atoms with Crippen LogP contribution in [0.3, 0.4) is 0 Å². The van der Waals surface area contributed by atoms with Crippen molar-refractivity contribution in [3.05, 3.63) is 12.1 Å². The van der Waals surface area contributed by atoms with Gasteiger partial charge in [0.15, 0.2) is 5.75 Å². The zero-order valence-electron chi connectivity index (χ0n) is 6.32. The highest BCUT2D eigenvalue weighted by atomic mass is 35.5. The molecule has 2 heterocycles. The van der Waals surface area contributed by atoms with Crippen molar-refractivity contribution in [3.63, 3.8) is 0 Å². The summed E-state index contributed by atoms with van der Waals surface area (Å²) in [6, 6.07) is 3.45. The quantitative estimate of drug-likeness (QED) is 0.656. The maximum absolute atomic E-state index is 5.44. The molecule has 0 unspecified atom stereocenters. The molecule has 1 aromatic rings. The Balaban J connectivity index is 0.000000720. The molecule has 1 aromatic heterocycles. The second kappa shape index (κ2) is 3.49. The van der Waals surface area contributed by atoms with E-state index >= 15 is 0 Å². The van der Waals surface area contributed by atoms with Crippen molar-refractivity contribution in [3.8, 4) is 11.6 Å². The number of nitrogen functional groups attached to an aromatic ring is 1. The molecule has 0 bridgehead atoms. The fourth-order valence-corrected chi connectivity index (χ4v) is 0.945. The van der Waals surface area contributed by atoms with E-state index in [-0.39, 0.29) is 12.4 Å². The van der Waals surface area contributed by atoms with Gasteiger partial charge in [-0.2, -0.15) is 4.98 Å². The number of ether oxygens (including phenoxy) is 2. The van der Waals surface area contributed by atoms with Gasteiger partial charge in [-0.25, -0.2) is 0 Å². The van der Waals surface area contributed by atoms with Gasteiger partial charge in [0, 0.05) is 0 Å². The number of nitrogens with zero attached hydrogens (tertiary/aromatic N) is 1. The van der Waals surface area contributed by atoms with Gasteiger partial charge in [-0.15, -0.1) is 12.4 Å². The van der Waals surface area contributed by atoms with E-state index in [1.165, 1.54) is 0 Å². The minimum absolute atomic E-state index is 0. The number of halogens is 1. The van der Waals surface area contributed by atoms with Gasteiger partial charge in [0.1, 0.15) is 19.0 Å². The van der Waals surface area contributed by atoms with Gasteiger partial charge < -0.3 is 15.2 Å². The average Bonchev–Trinajstić information content (AvgIpc) is 2.04. The van der Waals surface area contributed by atoms with Crippen molar-refractivity contribution in [2.45, 2.75) is 0 Å². The van der Waals surface area contributed by atoms with Gasteiger partial charge >= 0.3 is 0 Å². The Hall–Kier alpha value is -1.16. The monoisotopic (exact) mass is 188 g/mol. The Bertz CT molecular complexity index is 280. The van der Waals surface area contributed by atoms with Crippen molar-refractivity contribution < 1.29 is 9.47 Å². The second-order valence-corrected chi connectivity index (χ2v) is 2.24. The Morgan fingerprint density at radius 1 is 1.25 bits per heavy atom. The van der Waals surface area contributed by atoms with E-state index in [2.05, 4.69) is 4.98 Å². The first kappa shape index (κ1) is 8.93. The number of pyridine rings is 1. The number of rotatable bonds is 0. The summed E-state index contributed by atoms with van der Waals surface area (Å²) in [5.41, 5.74) is 5.44. The fourth-order valence-electron chi connectivity index (χ4n) is 0.945. The lowest BCUT2D eigenvalue weighted by Gasteiger charge is -2.16. The molecule has 1 aliphatic rings. The molecule has 0 amide bonds. The van der Waals surface area contributed by atoms with E-state index < -0.39 is 0 Å². The first-order chi connectivity index (χ1) is 5.36. The minimum Gasteiger partial charge on any atom is -0.484 e. The Morgan fingerprint density at radius 2 is 2.00 bits per heavy atom. The third kappa shape index (κ3) is 1.53. The zero-order valence-corrected chi connectivity index (χ0v) is 7.13. The van der Waals surface area contributed by atoms with Crippen LogP contribution in [0.25, 0.3) is 0 Å². The van der Waals surface area contributed by atoms with Crippen LogP contribution < -0.4 is 15.2 Å². The number of hydrogen-bond acceptors (Lipinski definition) is 4. The first-order valence-electron chi connectivity index (χ1n) is 3.38. The lowest BCUT2D eigenvalue weighted by Crippen LogP contribution is -2.16. The molecule has 2 rings (SSSR count). The third-order valence-corrected chi connectivity index (χ3v) is 1.43. The number of nitrogens with two attached hydrogens (primary N) is 1. The standard InChI is InChI=1S/C7H8N2O2.ClH/c8-6-2-1-5-7(9-6)11-4-3-10-5;/h1-2H,3-4H2,(H2,8,9);1H. The van der Waals surface area contributed by atoms with Crippen molar-refractivity contribution >= 4 is 18.2 Å². The molecule has 2 N–H and O–H groups in total. The largest absolute Gasteiger partial charge is 0.484 e. The molecule has 0 aliphatic carbocycles. The minimum atomic E-state index is 0. The second-order valence-electron chi connectivity index (χ2n) is 2.24. The van der Waals surface area contributed by atoms with E-state index in [0.717, 1.165) is 0 Å². The van der Waals surface area contributed by atoms with Crippen molar-refractivity contribution in [2.24, 2.45) is 0 Å². The number of anilines is 1. The maximum atomic E-state index is 5.44. The summed E-state index contributed by atoms with van der Waals surface area (Å²) in [5, 5.41) is 0. The lowest BCUT2D eigenvalue weighted by molar-refractivity contribution is 0.164. The zero-order chi connectivity index (χ0) is 7.68. The molecule has 4 nitrogen and oxygen atoms in total. The van der Waals surface area contributed by atoms with Crippen LogP contribution in [0, 0.1) is 0 Å². The molecule has 5 heteroatoms. The molecular weight excluding hydrogens is 180 g/mol. The van der Waals surface area contributed by atoms with Gasteiger partial charge in [0.05, 0.1) is 0 Å². The Kier molecular flexibility index (Phi) is 2.60. The molecule has 0 saturated carbocycles. The van der Waals surface area contributed by atoms with Crippen LogP contribution in [0.5, 0.6) is 11.6 Å². The van der Waals surface area contributed by atoms with Gasteiger partial charge in [-0.05, 0) is 12.1 Å². The van der Waals surface area contributed by atoms with E-state index in [9.17, 15) is 0 Å². The summed E-state index contributed by atoms with van der Waals surface area (Å²) in [4.78, 5) is 3.94. The van der Waals surface area contributed by atoms with Gasteiger partial charge in [0.2, 0.25) is 0 Å². The molecule has 0 aromatic carbocycles. The number of aromatic nitrogens is 1.